The van der Waals surface area contributed by atoms with E-state index in [1.165, 1.54) is 64.7 Å². The molecule has 0 saturated carbocycles. The van der Waals surface area contributed by atoms with Gasteiger partial charge in [0.2, 0.25) is 0 Å². The Labute approximate surface area is 402 Å². The maximum atomic E-state index is 10.2. The summed E-state index contributed by atoms with van der Waals surface area (Å²) in [4.78, 5) is 20.3. The van der Waals surface area contributed by atoms with Crippen molar-refractivity contribution in [3.05, 3.63) is 0 Å². The first kappa shape index (κ1) is 74.4. The van der Waals surface area contributed by atoms with E-state index >= 15 is 0 Å². The van der Waals surface area contributed by atoms with Gasteiger partial charge >= 0.3 is 5.97 Å². The van der Waals surface area contributed by atoms with E-state index in [-0.39, 0.29) is 23.3 Å². The van der Waals surface area contributed by atoms with Crippen LogP contribution in [0.4, 0.5) is 0 Å². The molecule has 0 aromatic carbocycles. The number of carbonyl (C=O) groups excluding carboxylic acids is 2. The number of rotatable bonds is 27. The molecule has 0 amide bonds. The Kier molecular flexibility index (Phi) is 63.4. The minimum absolute atomic E-state index is 0.0239. The van der Waals surface area contributed by atoms with Gasteiger partial charge in [-0.3, -0.25) is 9.59 Å². The van der Waals surface area contributed by atoms with Crippen LogP contribution >= 0.6 is 0 Å². The highest BCUT2D eigenvalue weighted by Crippen LogP contribution is 2.16. The molecule has 0 aromatic rings. The molecule has 1 saturated heterocycles. The van der Waals surface area contributed by atoms with Crippen LogP contribution in [0.3, 0.4) is 0 Å². The molecule has 0 radical (unpaired) electrons. The standard InChI is InChI=1S/2C11H24O.C9H20O2.C7H14O2.C7H16O.2C5H10O/c1-9(2)7-6-8-11(12-5)10(3)4;1-10(2)7-5-6-8-11(3)9-12-4;1-5-10-8-7-9(3,4)11-6-2;1-6(2)4-5-9-7(3)8;1-4-8-6-5-7(2)3;1-5-2-3-6-4-5;1-4(2)5(3)6/h9-11H,6-8H2,1-5H3;10-11H,5-9H2,1-4H3;5-8H2,1-4H3;6H,4-5H2,1-3H3;7H,4-6H2,1-3H3;5H,2-4H2,1H3;4H,1-3H3. The van der Waals surface area contributed by atoms with Gasteiger partial charge in [0.15, 0.2) is 0 Å². The summed E-state index contributed by atoms with van der Waals surface area (Å²) in [6.07, 6.45) is 14.1. The van der Waals surface area contributed by atoms with Crippen molar-refractivity contribution in [3.63, 3.8) is 0 Å². The molecular weight excluding hydrogens is 805 g/mol. The van der Waals surface area contributed by atoms with Gasteiger partial charge in [-0.05, 0) is 121 Å². The molecule has 9 nitrogen and oxygen atoms in total. The predicted octanol–water partition coefficient (Wildman–Crippen LogP) is 15.1. The average molecular weight is 924 g/mol. The Morgan fingerprint density at radius 3 is 1.45 bits per heavy atom. The summed E-state index contributed by atoms with van der Waals surface area (Å²) in [5, 5.41) is 0. The van der Waals surface area contributed by atoms with Crippen molar-refractivity contribution in [2.24, 2.45) is 47.3 Å². The number of ketones is 1. The van der Waals surface area contributed by atoms with Gasteiger partial charge in [-0.15, -0.1) is 0 Å². The Hall–Kier alpha value is -1.10. The highest BCUT2D eigenvalue weighted by Gasteiger charge is 2.16. The Morgan fingerprint density at radius 2 is 1.11 bits per heavy atom. The van der Waals surface area contributed by atoms with Crippen molar-refractivity contribution in [2.75, 3.05) is 73.7 Å². The lowest BCUT2D eigenvalue weighted by Crippen LogP contribution is -2.26. The van der Waals surface area contributed by atoms with E-state index in [1.807, 2.05) is 41.7 Å². The van der Waals surface area contributed by atoms with Gasteiger partial charge in [0.05, 0.1) is 18.3 Å². The number of hydrogen-bond donors (Lipinski definition) is 0. The second kappa shape index (κ2) is 54.5. The summed E-state index contributed by atoms with van der Waals surface area (Å²) in [5.74, 6) is 5.59. The van der Waals surface area contributed by atoms with Gasteiger partial charge in [0, 0.05) is 79.9 Å². The highest BCUT2D eigenvalue weighted by atomic mass is 16.5. The van der Waals surface area contributed by atoms with E-state index in [0.29, 0.717) is 24.5 Å². The third-order valence-electron chi connectivity index (χ3n) is 10.1. The second-order valence-electron chi connectivity index (χ2n) is 20.4. The number of unbranched alkanes of at least 4 members (excludes halogenated alkanes) is 1. The molecule has 392 valence electrons. The molecule has 3 unspecified atom stereocenters. The maximum Gasteiger partial charge on any atom is 0.302 e. The van der Waals surface area contributed by atoms with E-state index in [0.717, 1.165) is 95.3 Å². The van der Waals surface area contributed by atoms with Crippen LogP contribution in [-0.2, 0) is 42.7 Å². The van der Waals surface area contributed by atoms with Crippen LogP contribution < -0.4 is 0 Å². The quantitative estimate of drug-likeness (QED) is 0.0589. The summed E-state index contributed by atoms with van der Waals surface area (Å²) < 4.78 is 36.1. The summed E-state index contributed by atoms with van der Waals surface area (Å²) in [6.45, 7) is 51.3. The van der Waals surface area contributed by atoms with Crippen LogP contribution in [0.5, 0.6) is 0 Å². The lowest BCUT2D eigenvalue weighted by molar-refractivity contribution is -0.141. The number of esters is 1. The summed E-state index contributed by atoms with van der Waals surface area (Å²) in [5.41, 5.74) is -0.0239. The molecule has 1 aliphatic rings. The van der Waals surface area contributed by atoms with E-state index < -0.39 is 0 Å². The first-order valence-corrected chi connectivity index (χ1v) is 25.8. The zero-order valence-electron chi connectivity index (χ0n) is 47.5. The normalized spacial score (nSPS) is 14.1. The van der Waals surface area contributed by atoms with Crippen LogP contribution in [0.2, 0.25) is 0 Å². The van der Waals surface area contributed by atoms with Gasteiger partial charge in [-0.2, -0.15) is 0 Å². The molecule has 0 N–H and O–H groups in total. The zero-order valence-corrected chi connectivity index (χ0v) is 47.5. The molecule has 9 heteroatoms. The largest absolute Gasteiger partial charge is 0.466 e. The van der Waals surface area contributed by atoms with E-state index in [9.17, 15) is 9.59 Å². The van der Waals surface area contributed by atoms with Crippen molar-refractivity contribution >= 4 is 11.8 Å². The van der Waals surface area contributed by atoms with E-state index in [4.69, 9.17) is 33.2 Å². The summed E-state index contributed by atoms with van der Waals surface area (Å²) in [7, 11) is 3.60. The second-order valence-corrected chi connectivity index (χ2v) is 20.4. The van der Waals surface area contributed by atoms with Crippen molar-refractivity contribution < 1.29 is 42.7 Å². The average Bonchev–Trinajstić information content (AvgIpc) is 3.67. The number of Topliss-reactive ketones (excluding diaryl/α,β-unsaturated/α-hetero) is 1. The monoisotopic (exact) mass is 923 g/mol. The fraction of sp³-hybridized carbons (Fsp3) is 0.964. The van der Waals surface area contributed by atoms with Crippen molar-refractivity contribution in [3.8, 4) is 0 Å². The first-order chi connectivity index (χ1) is 29.8. The van der Waals surface area contributed by atoms with Gasteiger partial charge in [-0.25, -0.2) is 0 Å². The number of carbonyl (C=O) groups is 2. The van der Waals surface area contributed by atoms with Crippen LogP contribution in [0.15, 0.2) is 0 Å². The number of hydrogen-bond acceptors (Lipinski definition) is 9. The number of methoxy groups -OCH3 is 2. The van der Waals surface area contributed by atoms with Crippen molar-refractivity contribution in [2.45, 2.75) is 228 Å². The summed E-state index contributed by atoms with van der Waals surface area (Å²) >= 11 is 0. The smallest absolute Gasteiger partial charge is 0.302 e. The SMILES string of the molecule is CC(=O)C(C)C.CC(=O)OCCC(C)C.CC1CCOC1.CCOCCC(C)(C)OCC.CCOCCC(C)C.COC(CCCC(C)C)C(C)C.COCC(C)CCCCC(C)C. The van der Waals surface area contributed by atoms with Gasteiger partial charge in [0.1, 0.15) is 5.78 Å². The van der Waals surface area contributed by atoms with Crippen LogP contribution in [-0.4, -0.2) is 97.1 Å². The highest BCUT2D eigenvalue weighted by molar-refractivity contribution is 5.77. The minimum atomic E-state index is -0.185. The van der Waals surface area contributed by atoms with E-state index in [2.05, 4.69) is 96.9 Å². The minimum Gasteiger partial charge on any atom is -0.466 e. The third kappa shape index (κ3) is 78.1. The fourth-order valence-electron chi connectivity index (χ4n) is 5.34. The Balaban J connectivity index is -0.000000155. The van der Waals surface area contributed by atoms with Crippen molar-refractivity contribution in [1.29, 1.82) is 0 Å². The zero-order chi connectivity index (χ0) is 50.9. The fourth-order valence-corrected chi connectivity index (χ4v) is 5.34. The molecule has 0 aromatic heterocycles. The Morgan fingerprint density at radius 1 is 0.641 bits per heavy atom. The summed E-state index contributed by atoms with van der Waals surface area (Å²) in [6, 6.07) is 0. The molecule has 0 bridgehead atoms. The predicted molar refractivity (Wildman–Crippen MR) is 278 cm³/mol. The van der Waals surface area contributed by atoms with Crippen LogP contribution in [0.1, 0.15) is 216 Å². The first-order valence-electron chi connectivity index (χ1n) is 25.8. The molecule has 1 rings (SSSR count). The van der Waals surface area contributed by atoms with Gasteiger partial charge in [-0.1, -0.05) is 129 Å². The topological polar surface area (TPSA) is 98.8 Å². The number of ether oxygens (including phenoxy) is 7. The van der Waals surface area contributed by atoms with E-state index in [1.54, 1.807) is 14.0 Å². The molecular formula is C55H118O9. The molecule has 1 heterocycles. The van der Waals surface area contributed by atoms with Gasteiger partial charge in [0.25, 0.3) is 0 Å². The van der Waals surface area contributed by atoms with Gasteiger partial charge < -0.3 is 33.2 Å². The molecule has 0 aliphatic carbocycles. The lowest BCUT2D eigenvalue weighted by atomic mass is 9.98. The molecule has 0 spiro atoms. The molecule has 1 fully saturated rings. The molecule has 3 atom stereocenters. The van der Waals surface area contributed by atoms with Crippen LogP contribution in [0.25, 0.3) is 0 Å². The third-order valence-corrected chi connectivity index (χ3v) is 10.1. The van der Waals surface area contributed by atoms with Crippen LogP contribution in [0, 0.1) is 47.3 Å². The molecule has 1 aliphatic heterocycles. The van der Waals surface area contributed by atoms with Crippen molar-refractivity contribution in [1.82, 2.24) is 0 Å². The molecule has 64 heavy (non-hydrogen) atoms. The maximum absolute atomic E-state index is 10.2. The lowest BCUT2D eigenvalue weighted by Gasteiger charge is -2.24. The Bertz CT molecular complexity index is 896.